The van der Waals surface area contributed by atoms with Crippen LogP contribution in [0.1, 0.15) is 23.4 Å². The third kappa shape index (κ3) is 2.98. The van der Waals surface area contributed by atoms with Crippen molar-refractivity contribution in [3.8, 4) is 0 Å². The largest absolute Gasteiger partial charge is 0.459 e. The summed E-state index contributed by atoms with van der Waals surface area (Å²) in [6.45, 7) is 5.52. The Bertz CT molecular complexity index is 667. The summed E-state index contributed by atoms with van der Waals surface area (Å²) >= 11 is 0. The molecule has 0 saturated carbocycles. The highest BCUT2D eigenvalue weighted by molar-refractivity contribution is 5.91. The molecule has 0 unspecified atom stereocenters. The van der Waals surface area contributed by atoms with Gasteiger partial charge >= 0.3 is 0 Å². The van der Waals surface area contributed by atoms with Gasteiger partial charge in [-0.2, -0.15) is 0 Å². The molecule has 2 aliphatic heterocycles. The molecule has 126 valence electrons. The van der Waals surface area contributed by atoms with Gasteiger partial charge in [0, 0.05) is 50.6 Å². The molecule has 0 radical (unpaired) electrons. The number of rotatable bonds is 3. The van der Waals surface area contributed by atoms with Crippen molar-refractivity contribution in [1.82, 2.24) is 4.90 Å². The van der Waals surface area contributed by atoms with E-state index in [0.717, 1.165) is 26.2 Å². The zero-order valence-corrected chi connectivity index (χ0v) is 13.9. The van der Waals surface area contributed by atoms with Gasteiger partial charge in [-0.1, -0.05) is 0 Å². The van der Waals surface area contributed by atoms with E-state index in [4.69, 9.17) is 4.42 Å². The van der Waals surface area contributed by atoms with Gasteiger partial charge in [-0.05, 0) is 49.2 Å². The number of furan rings is 1. The second-order valence-corrected chi connectivity index (χ2v) is 6.47. The van der Waals surface area contributed by atoms with Gasteiger partial charge in [-0.3, -0.25) is 4.79 Å². The zero-order valence-electron chi connectivity index (χ0n) is 13.9. The molecule has 1 aromatic carbocycles. The molecule has 5 nitrogen and oxygen atoms in total. The molecule has 0 spiro atoms. The predicted molar refractivity (Wildman–Crippen MR) is 94.7 cm³/mol. The van der Waals surface area contributed by atoms with Crippen molar-refractivity contribution in [2.45, 2.75) is 12.8 Å². The van der Waals surface area contributed by atoms with Gasteiger partial charge in [0.2, 0.25) is 0 Å². The standard InChI is InChI=1S/C19H23N3O2/c23-19(18-4-3-15-24-18)22-13-11-21(12-14-22)17-7-5-16(6-8-17)20-9-1-2-10-20/h3-8,15H,1-2,9-14H2. The van der Waals surface area contributed by atoms with Crippen LogP contribution in [0.4, 0.5) is 11.4 Å². The lowest BCUT2D eigenvalue weighted by Gasteiger charge is -2.36. The van der Waals surface area contributed by atoms with Gasteiger partial charge in [0.05, 0.1) is 6.26 Å². The fourth-order valence-corrected chi connectivity index (χ4v) is 3.57. The number of benzene rings is 1. The van der Waals surface area contributed by atoms with E-state index in [1.807, 2.05) is 4.90 Å². The number of nitrogens with zero attached hydrogens (tertiary/aromatic N) is 3. The van der Waals surface area contributed by atoms with Crippen molar-refractivity contribution in [3.63, 3.8) is 0 Å². The molecular weight excluding hydrogens is 302 g/mol. The molecule has 3 heterocycles. The Balaban J connectivity index is 1.36. The van der Waals surface area contributed by atoms with Crippen LogP contribution in [0.5, 0.6) is 0 Å². The molecule has 2 fully saturated rings. The van der Waals surface area contributed by atoms with Crippen molar-refractivity contribution in [2.24, 2.45) is 0 Å². The third-order valence-electron chi connectivity index (χ3n) is 4.98. The minimum atomic E-state index is -0.0102. The zero-order chi connectivity index (χ0) is 16.4. The van der Waals surface area contributed by atoms with Gasteiger partial charge in [-0.15, -0.1) is 0 Å². The van der Waals surface area contributed by atoms with E-state index in [0.29, 0.717) is 5.76 Å². The molecule has 0 bridgehead atoms. The summed E-state index contributed by atoms with van der Waals surface area (Å²) in [5, 5.41) is 0. The molecule has 5 heteroatoms. The summed E-state index contributed by atoms with van der Waals surface area (Å²) in [6.07, 6.45) is 4.15. The third-order valence-corrected chi connectivity index (χ3v) is 4.98. The summed E-state index contributed by atoms with van der Waals surface area (Å²) in [7, 11) is 0. The average Bonchev–Trinajstić information content (AvgIpc) is 3.35. The van der Waals surface area contributed by atoms with Crippen molar-refractivity contribution in [2.75, 3.05) is 49.1 Å². The summed E-state index contributed by atoms with van der Waals surface area (Å²) in [6, 6.07) is 12.3. The molecule has 4 rings (SSSR count). The van der Waals surface area contributed by atoms with Gasteiger partial charge < -0.3 is 19.1 Å². The maximum Gasteiger partial charge on any atom is 0.289 e. The Morgan fingerprint density at radius 1 is 0.792 bits per heavy atom. The van der Waals surface area contributed by atoms with E-state index in [9.17, 15) is 4.79 Å². The van der Waals surface area contributed by atoms with Crippen LogP contribution in [-0.4, -0.2) is 50.1 Å². The Kier molecular flexibility index (Phi) is 4.15. The van der Waals surface area contributed by atoms with E-state index < -0.39 is 0 Å². The quantitative estimate of drug-likeness (QED) is 0.870. The molecule has 1 amide bonds. The molecular formula is C19H23N3O2. The first-order valence-electron chi connectivity index (χ1n) is 8.74. The van der Waals surface area contributed by atoms with Crippen molar-refractivity contribution >= 4 is 17.3 Å². The highest BCUT2D eigenvalue weighted by Gasteiger charge is 2.24. The van der Waals surface area contributed by atoms with Gasteiger partial charge in [0.1, 0.15) is 0 Å². The first-order chi connectivity index (χ1) is 11.8. The van der Waals surface area contributed by atoms with Crippen LogP contribution in [0.25, 0.3) is 0 Å². The fourth-order valence-electron chi connectivity index (χ4n) is 3.57. The number of carbonyl (C=O) groups excluding carboxylic acids is 1. The normalized spacial score (nSPS) is 18.2. The van der Waals surface area contributed by atoms with Crippen molar-refractivity contribution < 1.29 is 9.21 Å². The molecule has 0 atom stereocenters. The van der Waals surface area contributed by atoms with Gasteiger partial charge in [0.25, 0.3) is 5.91 Å². The second kappa shape index (κ2) is 6.59. The summed E-state index contributed by atoms with van der Waals surface area (Å²) in [4.78, 5) is 19.0. The van der Waals surface area contributed by atoms with E-state index in [1.165, 1.54) is 37.3 Å². The maximum absolute atomic E-state index is 12.3. The first kappa shape index (κ1) is 15.1. The highest BCUT2D eigenvalue weighted by Crippen LogP contribution is 2.24. The number of amides is 1. The van der Waals surface area contributed by atoms with Gasteiger partial charge in [-0.25, -0.2) is 0 Å². The first-order valence-corrected chi connectivity index (χ1v) is 8.74. The summed E-state index contributed by atoms with van der Waals surface area (Å²) in [5.74, 6) is 0.419. The molecule has 0 aliphatic carbocycles. The lowest BCUT2D eigenvalue weighted by atomic mass is 10.2. The van der Waals surface area contributed by atoms with E-state index in [-0.39, 0.29) is 5.91 Å². The van der Waals surface area contributed by atoms with Crippen LogP contribution < -0.4 is 9.80 Å². The lowest BCUT2D eigenvalue weighted by molar-refractivity contribution is 0.0714. The lowest BCUT2D eigenvalue weighted by Crippen LogP contribution is -2.48. The van der Waals surface area contributed by atoms with Crippen LogP contribution in [0, 0.1) is 0 Å². The van der Waals surface area contributed by atoms with Crippen LogP contribution >= 0.6 is 0 Å². The number of piperazine rings is 1. The van der Waals surface area contributed by atoms with Crippen LogP contribution in [0.2, 0.25) is 0 Å². The Morgan fingerprint density at radius 3 is 1.92 bits per heavy atom. The van der Waals surface area contributed by atoms with Crippen LogP contribution in [0.3, 0.4) is 0 Å². The number of hydrogen-bond donors (Lipinski definition) is 0. The minimum Gasteiger partial charge on any atom is -0.459 e. The molecule has 2 aromatic rings. The van der Waals surface area contributed by atoms with E-state index in [1.54, 1.807) is 18.4 Å². The monoisotopic (exact) mass is 325 g/mol. The smallest absolute Gasteiger partial charge is 0.289 e. The fraction of sp³-hybridized carbons (Fsp3) is 0.421. The molecule has 1 aromatic heterocycles. The Labute approximate surface area is 142 Å². The Hall–Kier alpha value is -2.43. The van der Waals surface area contributed by atoms with Gasteiger partial charge in [0.15, 0.2) is 5.76 Å². The van der Waals surface area contributed by atoms with Crippen LogP contribution in [-0.2, 0) is 0 Å². The van der Waals surface area contributed by atoms with Crippen molar-refractivity contribution in [1.29, 1.82) is 0 Å². The van der Waals surface area contributed by atoms with E-state index >= 15 is 0 Å². The molecule has 0 N–H and O–H groups in total. The van der Waals surface area contributed by atoms with E-state index in [2.05, 4.69) is 34.1 Å². The average molecular weight is 325 g/mol. The minimum absolute atomic E-state index is 0.0102. The SMILES string of the molecule is O=C(c1ccco1)N1CCN(c2ccc(N3CCCC3)cc2)CC1. The highest BCUT2D eigenvalue weighted by atomic mass is 16.3. The van der Waals surface area contributed by atoms with Crippen LogP contribution in [0.15, 0.2) is 47.1 Å². The summed E-state index contributed by atoms with van der Waals surface area (Å²) < 4.78 is 5.21. The second-order valence-electron chi connectivity index (χ2n) is 6.47. The number of hydrogen-bond acceptors (Lipinski definition) is 4. The predicted octanol–water partition coefficient (Wildman–Crippen LogP) is 2.84. The van der Waals surface area contributed by atoms with Crippen molar-refractivity contribution in [3.05, 3.63) is 48.4 Å². The topological polar surface area (TPSA) is 39.9 Å². The Morgan fingerprint density at radius 2 is 1.38 bits per heavy atom. The number of carbonyl (C=O) groups is 1. The molecule has 2 aliphatic rings. The molecule has 2 saturated heterocycles. The number of anilines is 2. The maximum atomic E-state index is 12.3. The summed E-state index contributed by atoms with van der Waals surface area (Å²) in [5.41, 5.74) is 2.56. The molecule has 24 heavy (non-hydrogen) atoms.